The predicted octanol–water partition coefficient (Wildman–Crippen LogP) is 5.80. The van der Waals surface area contributed by atoms with Crippen molar-refractivity contribution >= 4 is 40.5 Å². The van der Waals surface area contributed by atoms with Crippen molar-refractivity contribution in [1.29, 1.82) is 0 Å². The quantitative estimate of drug-likeness (QED) is 0.355. The lowest BCUT2D eigenvalue weighted by atomic mass is 10.0. The van der Waals surface area contributed by atoms with Crippen LogP contribution in [0.15, 0.2) is 48.9 Å². The molecule has 38 heavy (non-hydrogen) atoms. The molecule has 0 radical (unpaired) electrons. The number of rotatable bonds is 5. The van der Waals surface area contributed by atoms with Gasteiger partial charge >= 0.3 is 0 Å². The summed E-state index contributed by atoms with van der Waals surface area (Å²) in [5.74, 6) is 1.74. The van der Waals surface area contributed by atoms with Gasteiger partial charge in [0.1, 0.15) is 23.9 Å². The molecule has 7 nitrogen and oxygen atoms in total. The van der Waals surface area contributed by atoms with E-state index in [1.807, 2.05) is 26.8 Å². The molecule has 3 aromatic rings. The fraction of sp³-hybridized carbons (Fsp3) is 0.414. The van der Waals surface area contributed by atoms with Crippen molar-refractivity contribution in [2.75, 3.05) is 24.2 Å². The van der Waals surface area contributed by atoms with Gasteiger partial charge in [0.25, 0.3) is 0 Å². The third kappa shape index (κ3) is 6.95. The Hall–Kier alpha value is -3.33. The molecule has 3 N–H and O–H groups in total. The van der Waals surface area contributed by atoms with E-state index >= 15 is 0 Å². The second-order valence-corrected chi connectivity index (χ2v) is 10.7. The average molecular weight is 538 g/mol. The van der Waals surface area contributed by atoms with Crippen molar-refractivity contribution in [1.82, 2.24) is 20.6 Å². The van der Waals surface area contributed by atoms with Gasteiger partial charge in [0.05, 0.1) is 17.9 Å². The van der Waals surface area contributed by atoms with Gasteiger partial charge in [0, 0.05) is 48.0 Å². The lowest BCUT2D eigenvalue weighted by Crippen LogP contribution is -2.47. The topological polar surface area (TPSA) is 88.2 Å². The van der Waals surface area contributed by atoms with E-state index in [9.17, 15) is 8.68 Å². The van der Waals surface area contributed by atoms with Gasteiger partial charge in [-0.25, -0.2) is 9.97 Å². The predicted molar refractivity (Wildman–Crippen MR) is 154 cm³/mol. The highest BCUT2D eigenvalue weighted by atomic mass is 32.2. The van der Waals surface area contributed by atoms with Crippen LogP contribution in [0.5, 0.6) is 5.75 Å². The SMILES string of the molecule is C=C1Cc2ccc(C)cc2Nc2ncnc3cc(OCCSF)c(cc23)CCCCNC(=O)C(C(C)C)N1. The molecule has 1 unspecified atom stereocenters. The Morgan fingerprint density at radius 3 is 2.82 bits per heavy atom. The Morgan fingerprint density at radius 2 is 2.03 bits per heavy atom. The number of aromatic nitrogens is 2. The molecule has 2 heterocycles. The standard InChI is InChI=1S/C29H36FN5O2S/c1-18(2)27-29(36)31-10-6-5-7-22-15-23-25(16-26(22)37-11-12-38-30)32-17-33-28(23)35-24-13-19(3)8-9-21(24)14-20(4)34-27/h8-9,13,15-18,27,34H,4-7,10-12,14H2,1-3H3,(H,31,36)(H,32,33,35). The van der Waals surface area contributed by atoms with Crippen LogP contribution in [0.25, 0.3) is 10.9 Å². The molecule has 9 heteroatoms. The normalized spacial score (nSPS) is 16.9. The monoisotopic (exact) mass is 537 g/mol. The summed E-state index contributed by atoms with van der Waals surface area (Å²) >= 11 is 0.263. The summed E-state index contributed by atoms with van der Waals surface area (Å²) in [5, 5.41) is 10.9. The molecular formula is C29H36FN5O2S. The van der Waals surface area contributed by atoms with Crippen LogP contribution in [0, 0.1) is 12.8 Å². The maximum Gasteiger partial charge on any atom is 0.242 e. The van der Waals surface area contributed by atoms with Crippen LogP contribution >= 0.6 is 12.1 Å². The minimum absolute atomic E-state index is 0.0236. The Kier molecular flexibility index (Phi) is 9.44. The second-order valence-electron chi connectivity index (χ2n) is 10.0. The van der Waals surface area contributed by atoms with E-state index < -0.39 is 0 Å². The first-order valence-electron chi connectivity index (χ1n) is 13.1. The van der Waals surface area contributed by atoms with Crippen molar-refractivity contribution in [3.8, 4) is 5.75 Å². The Morgan fingerprint density at radius 1 is 1.18 bits per heavy atom. The van der Waals surface area contributed by atoms with E-state index in [2.05, 4.69) is 56.8 Å². The molecule has 0 saturated heterocycles. The molecule has 1 amide bonds. The number of halogens is 1. The van der Waals surface area contributed by atoms with Gasteiger partial charge in [0.2, 0.25) is 5.91 Å². The number of amides is 1. The fourth-order valence-electron chi connectivity index (χ4n) is 4.63. The van der Waals surface area contributed by atoms with Gasteiger partial charge < -0.3 is 20.7 Å². The number of nitrogens with zero attached hydrogens (tertiary/aromatic N) is 2. The van der Waals surface area contributed by atoms with Crippen LogP contribution in [0.1, 0.15) is 43.4 Å². The minimum Gasteiger partial charge on any atom is -0.492 e. The highest BCUT2D eigenvalue weighted by Crippen LogP contribution is 2.32. The van der Waals surface area contributed by atoms with Crippen LogP contribution in [-0.2, 0) is 17.6 Å². The zero-order valence-corrected chi connectivity index (χ0v) is 23.1. The Bertz CT molecular complexity index is 1300. The third-order valence-corrected chi connectivity index (χ3v) is 6.96. The average Bonchev–Trinajstić information content (AvgIpc) is 2.88. The number of aryl methyl sites for hydroxylation is 2. The van der Waals surface area contributed by atoms with Crippen molar-refractivity contribution in [3.05, 3.63) is 65.6 Å². The maximum absolute atomic E-state index is 13.0. The van der Waals surface area contributed by atoms with E-state index in [1.54, 1.807) is 0 Å². The molecule has 4 rings (SSSR count). The number of ether oxygens (including phenoxy) is 1. The number of carbonyl (C=O) groups is 1. The molecule has 0 aliphatic carbocycles. The fourth-order valence-corrected chi connectivity index (χ4v) is 4.77. The number of carbonyl (C=O) groups excluding carboxylic acids is 1. The summed E-state index contributed by atoms with van der Waals surface area (Å²) in [6, 6.07) is 9.84. The molecule has 0 spiro atoms. The molecule has 2 bridgehead atoms. The van der Waals surface area contributed by atoms with Crippen LogP contribution in [-0.4, -0.2) is 40.8 Å². The highest BCUT2D eigenvalue weighted by Gasteiger charge is 2.23. The van der Waals surface area contributed by atoms with Gasteiger partial charge in [-0.15, -0.1) is 0 Å². The molecule has 1 aliphatic rings. The first kappa shape index (κ1) is 27.7. The first-order chi connectivity index (χ1) is 18.4. The Labute approximate surface area is 228 Å². The summed E-state index contributed by atoms with van der Waals surface area (Å²) in [4.78, 5) is 22.1. The molecule has 1 atom stereocenters. The van der Waals surface area contributed by atoms with E-state index in [4.69, 9.17) is 4.74 Å². The van der Waals surface area contributed by atoms with Crippen LogP contribution in [0.2, 0.25) is 0 Å². The molecule has 0 saturated carbocycles. The zero-order chi connectivity index (χ0) is 27.1. The van der Waals surface area contributed by atoms with E-state index in [-0.39, 0.29) is 42.4 Å². The summed E-state index contributed by atoms with van der Waals surface area (Å²) in [5.41, 5.74) is 5.60. The van der Waals surface area contributed by atoms with Gasteiger partial charge in [-0.05, 0) is 60.9 Å². The molecule has 1 aliphatic heterocycles. The molecule has 202 valence electrons. The summed E-state index contributed by atoms with van der Waals surface area (Å²) in [7, 11) is 0. The third-order valence-electron chi connectivity index (χ3n) is 6.64. The van der Waals surface area contributed by atoms with Crippen LogP contribution < -0.4 is 20.7 Å². The van der Waals surface area contributed by atoms with Gasteiger partial charge in [0.15, 0.2) is 0 Å². The number of hydrogen-bond donors (Lipinski definition) is 3. The van der Waals surface area contributed by atoms with E-state index in [0.29, 0.717) is 24.5 Å². The molecule has 2 aromatic carbocycles. The number of fused-ring (bicyclic) bond motifs is 2. The van der Waals surface area contributed by atoms with Crippen molar-refractivity contribution in [2.24, 2.45) is 5.92 Å². The number of allylic oxidation sites excluding steroid dienone is 1. The van der Waals surface area contributed by atoms with Crippen LogP contribution in [0.4, 0.5) is 15.4 Å². The van der Waals surface area contributed by atoms with Gasteiger partial charge in [-0.2, -0.15) is 3.89 Å². The van der Waals surface area contributed by atoms with E-state index in [1.165, 1.54) is 6.33 Å². The molecule has 0 fully saturated rings. The van der Waals surface area contributed by atoms with Crippen molar-refractivity contribution < 1.29 is 13.4 Å². The lowest BCUT2D eigenvalue weighted by molar-refractivity contribution is -0.123. The number of benzene rings is 2. The highest BCUT2D eigenvalue weighted by molar-refractivity contribution is 7.94. The molecule has 1 aromatic heterocycles. The smallest absolute Gasteiger partial charge is 0.242 e. The number of nitrogens with one attached hydrogen (secondary N) is 3. The van der Waals surface area contributed by atoms with Crippen molar-refractivity contribution in [2.45, 2.75) is 52.5 Å². The second kappa shape index (κ2) is 13.0. The van der Waals surface area contributed by atoms with Crippen LogP contribution in [0.3, 0.4) is 0 Å². The first-order valence-corrected chi connectivity index (χ1v) is 14.0. The number of anilines is 2. The maximum atomic E-state index is 13.0. The van der Waals surface area contributed by atoms with E-state index in [0.717, 1.165) is 58.2 Å². The van der Waals surface area contributed by atoms with Gasteiger partial charge in [-0.3, -0.25) is 4.79 Å². The molecular weight excluding hydrogens is 501 g/mol. The largest absolute Gasteiger partial charge is 0.492 e. The Balaban J connectivity index is 1.75. The van der Waals surface area contributed by atoms with Gasteiger partial charge in [-0.1, -0.05) is 32.6 Å². The number of hydrogen-bond acceptors (Lipinski definition) is 7. The lowest BCUT2D eigenvalue weighted by Gasteiger charge is -2.24. The minimum atomic E-state index is -0.370. The summed E-state index contributed by atoms with van der Waals surface area (Å²) in [6.07, 6.45) is 4.50. The summed E-state index contributed by atoms with van der Waals surface area (Å²) < 4.78 is 18.6. The zero-order valence-electron chi connectivity index (χ0n) is 22.3. The summed E-state index contributed by atoms with van der Waals surface area (Å²) in [6.45, 7) is 11.2. The van der Waals surface area contributed by atoms with Crippen molar-refractivity contribution in [3.63, 3.8) is 0 Å².